The normalized spacial score (nSPS) is 25.7. The van der Waals surface area contributed by atoms with Crippen molar-refractivity contribution in [3.05, 3.63) is 47.6 Å². The molecule has 2 saturated heterocycles. The number of piperidine rings is 1. The van der Waals surface area contributed by atoms with Crippen molar-refractivity contribution in [3.63, 3.8) is 0 Å². The largest absolute Gasteiger partial charge is 0.490 e. The van der Waals surface area contributed by atoms with Crippen LogP contribution in [0.4, 0.5) is 24.7 Å². The molecular weight excluding hydrogens is 485 g/mol. The molecule has 3 atom stereocenters. The third kappa shape index (κ3) is 5.13. The highest BCUT2D eigenvalue weighted by atomic mass is 35.5. The van der Waals surface area contributed by atoms with E-state index in [1.165, 1.54) is 11.9 Å². The van der Waals surface area contributed by atoms with Crippen LogP contribution in [0.2, 0.25) is 5.02 Å². The molecular formula is C24H28ClF3N4O3. The first-order valence-electron chi connectivity index (χ1n) is 11.5. The lowest BCUT2D eigenvalue weighted by Crippen LogP contribution is -2.56. The van der Waals surface area contributed by atoms with Gasteiger partial charge in [0.1, 0.15) is 23.2 Å². The van der Waals surface area contributed by atoms with E-state index in [4.69, 9.17) is 16.3 Å². The summed E-state index contributed by atoms with van der Waals surface area (Å²) in [6, 6.07) is 9.42. The van der Waals surface area contributed by atoms with Crippen molar-refractivity contribution in [2.45, 2.75) is 57.0 Å². The molecule has 2 aliphatic heterocycles. The minimum atomic E-state index is -4.55. The number of hydrogen-bond donors (Lipinski definition) is 2. The van der Waals surface area contributed by atoms with Gasteiger partial charge >= 0.3 is 12.1 Å². The maximum atomic E-state index is 13.8. The van der Waals surface area contributed by atoms with Crippen LogP contribution >= 0.6 is 11.6 Å². The van der Waals surface area contributed by atoms with Gasteiger partial charge < -0.3 is 19.8 Å². The van der Waals surface area contributed by atoms with Gasteiger partial charge in [0.2, 0.25) is 0 Å². The zero-order valence-corrected chi connectivity index (χ0v) is 20.2. The number of aromatic nitrogens is 1. The van der Waals surface area contributed by atoms with Gasteiger partial charge in [-0.15, -0.1) is 0 Å². The summed E-state index contributed by atoms with van der Waals surface area (Å²) in [5.74, 6) is -0.777. The molecule has 2 N–H and O–H groups in total. The third-order valence-electron chi connectivity index (χ3n) is 7.04. The molecule has 4 rings (SSSR count). The summed E-state index contributed by atoms with van der Waals surface area (Å²) in [7, 11) is 0. The number of hydrogen-bond acceptors (Lipinski definition) is 6. The molecule has 2 aliphatic rings. The molecule has 0 aliphatic carbocycles. The quantitative estimate of drug-likeness (QED) is 0.569. The smallest absolute Gasteiger partial charge is 0.408 e. The van der Waals surface area contributed by atoms with Gasteiger partial charge in [-0.1, -0.05) is 18.5 Å². The van der Waals surface area contributed by atoms with E-state index in [0.29, 0.717) is 16.5 Å². The Kier molecular flexibility index (Phi) is 7.06. The molecule has 1 unspecified atom stereocenters. The SMILES string of the molecule is C[C@H]1[C@H](CC(=O)O)N(c2ccc(OC3CCN(c4ncccc4Cl)CC3)cc2)NC1(C)C(F)(F)F. The first kappa shape index (κ1) is 25.4. The topological polar surface area (TPSA) is 77.9 Å². The van der Waals surface area contributed by atoms with E-state index in [1.807, 2.05) is 6.07 Å². The molecule has 0 spiro atoms. The number of halogens is 4. The van der Waals surface area contributed by atoms with Crippen molar-refractivity contribution >= 4 is 29.1 Å². The first-order valence-corrected chi connectivity index (χ1v) is 11.8. The van der Waals surface area contributed by atoms with Crippen LogP contribution in [0, 0.1) is 5.92 Å². The number of carboxylic acids is 1. The van der Waals surface area contributed by atoms with Crippen molar-refractivity contribution in [2.75, 3.05) is 23.0 Å². The van der Waals surface area contributed by atoms with Crippen LogP contribution in [0.25, 0.3) is 0 Å². The van der Waals surface area contributed by atoms with Gasteiger partial charge in [0.15, 0.2) is 0 Å². The summed E-state index contributed by atoms with van der Waals surface area (Å²) < 4.78 is 47.5. The van der Waals surface area contributed by atoms with Crippen molar-refractivity contribution in [3.8, 4) is 5.75 Å². The predicted molar refractivity (Wildman–Crippen MR) is 127 cm³/mol. The van der Waals surface area contributed by atoms with Gasteiger partial charge in [0, 0.05) is 38.0 Å². The van der Waals surface area contributed by atoms with Crippen molar-refractivity contribution in [1.29, 1.82) is 0 Å². The van der Waals surface area contributed by atoms with Gasteiger partial charge in [-0.3, -0.25) is 4.79 Å². The van der Waals surface area contributed by atoms with Gasteiger partial charge in [-0.2, -0.15) is 13.2 Å². The zero-order chi connectivity index (χ0) is 25.4. The molecule has 0 saturated carbocycles. The number of aliphatic carboxylic acids is 1. The number of anilines is 2. The van der Waals surface area contributed by atoms with Crippen molar-refractivity contribution < 1.29 is 27.8 Å². The van der Waals surface area contributed by atoms with E-state index in [-0.39, 0.29) is 6.10 Å². The molecule has 11 heteroatoms. The molecule has 0 amide bonds. The number of nitrogens with zero attached hydrogens (tertiary/aromatic N) is 3. The minimum Gasteiger partial charge on any atom is -0.490 e. The standard InChI is InChI=1S/C24H28ClF3N4O3/c1-15-20(14-21(33)34)32(30-23(15,2)24(26,27)28)16-5-7-17(8-6-16)35-18-9-12-31(13-10-18)22-19(25)4-3-11-29-22/h3-8,11,15,18,20,30H,9-10,12-14H2,1-2H3,(H,33,34)/t15-,20-,23?/m0/s1. The number of ether oxygens (including phenoxy) is 1. The Labute approximate surface area is 206 Å². The number of rotatable bonds is 6. The van der Waals surface area contributed by atoms with E-state index >= 15 is 0 Å². The molecule has 0 radical (unpaired) electrons. The maximum Gasteiger partial charge on any atom is 0.408 e. The fourth-order valence-electron chi connectivity index (χ4n) is 4.74. The molecule has 190 valence electrons. The van der Waals surface area contributed by atoms with E-state index in [2.05, 4.69) is 15.3 Å². The van der Waals surface area contributed by atoms with Crippen LogP contribution in [0.1, 0.15) is 33.1 Å². The molecule has 2 aromatic rings. The second kappa shape index (κ2) is 9.73. The average Bonchev–Trinajstić information content (AvgIpc) is 3.06. The molecule has 1 aromatic heterocycles. The summed E-state index contributed by atoms with van der Waals surface area (Å²) in [6.45, 7) is 3.97. The summed E-state index contributed by atoms with van der Waals surface area (Å²) in [5, 5.41) is 11.2. The summed E-state index contributed by atoms with van der Waals surface area (Å²) in [6.07, 6.45) is -1.74. The second-order valence-electron chi connectivity index (χ2n) is 9.24. The fourth-order valence-corrected chi connectivity index (χ4v) is 4.98. The third-order valence-corrected chi connectivity index (χ3v) is 7.34. The highest BCUT2D eigenvalue weighted by Gasteiger charge is 2.62. The lowest BCUT2D eigenvalue weighted by Gasteiger charge is -2.33. The van der Waals surface area contributed by atoms with Crippen LogP contribution in [-0.4, -0.2) is 53.0 Å². The lowest BCUT2D eigenvalue weighted by molar-refractivity contribution is -0.197. The number of carboxylic acid groups (broad SMARTS) is 1. The molecule has 1 aromatic carbocycles. The van der Waals surface area contributed by atoms with E-state index in [9.17, 15) is 23.1 Å². The van der Waals surface area contributed by atoms with E-state index < -0.39 is 36.1 Å². The van der Waals surface area contributed by atoms with Crippen LogP contribution in [0.3, 0.4) is 0 Å². The Balaban J connectivity index is 1.42. The van der Waals surface area contributed by atoms with Gasteiger partial charge in [0.05, 0.1) is 23.2 Å². The van der Waals surface area contributed by atoms with Gasteiger partial charge in [-0.05, 0) is 43.3 Å². The van der Waals surface area contributed by atoms with Crippen LogP contribution < -0.4 is 20.1 Å². The first-order chi connectivity index (χ1) is 16.5. The molecule has 2 fully saturated rings. The van der Waals surface area contributed by atoms with E-state index in [1.54, 1.807) is 36.5 Å². The van der Waals surface area contributed by atoms with Crippen molar-refractivity contribution in [2.24, 2.45) is 5.92 Å². The molecule has 7 nitrogen and oxygen atoms in total. The highest BCUT2D eigenvalue weighted by molar-refractivity contribution is 6.32. The minimum absolute atomic E-state index is 0.0159. The Hall–Kier alpha value is -2.72. The van der Waals surface area contributed by atoms with Crippen LogP contribution in [-0.2, 0) is 4.79 Å². The monoisotopic (exact) mass is 512 g/mol. The van der Waals surface area contributed by atoms with Crippen molar-refractivity contribution in [1.82, 2.24) is 10.4 Å². The Morgan fingerprint density at radius 1 is 1.26 bits per heavy atom. The number of alkyl halides is 3. The zero-order valence-electron chi connectivity index (χ0n) is 19.4. The lowest BCUT2D eigenvalue weighted by atomic mass is 9.82. The Morgan fingerprint density at radius 3 is 2.49 bits per heavy atom. The predicted octanol–water partition coefficient (Wildman–Crippen LogP) is 4.91. The van der Waals surface area contributed by atoms with Gasteiger partial charge in [-0.25, -0.2) is 10.4 Å². The second-order valence-corrected chi connectivity index (χ2v) is 9.65. The highest BCUT2D eigenvalue weighted by Crippen LogP contribution is 2.45. The Morgan fingerprint density at radius 2 is 1.91 bits per heavy atom. The average molecular weight is 513 g/mol. The molecule has 3 heterocycles. The van der Waals surface area contributed by atoms with Crippen LogP contribution in [0.15, 0.2) is 42.6 Å². The van der Waals surface area contributed by atoms with Crippen LogP contribution in [0.5, 0.6) is 5.75 Å². The number of carbonyl (C=O) groups is 1. The number of pyridine rings is 1. The summed E-state index contributed by atoms with van der Waals surface area (Å²) in [4.78, 5) is 17.8. The number of benzene rings is 1. The molecule has 35 heavy (non-hydrogen) atoms. The van der Waals surface area contributed by atoms with Gasteiger partial charge in [0.25, 0.3) is 0 Å². The molecule has 0 bridgehead atoms. The number of nitrogens with one attached hydrogen (secondary N) is 1. The summed E-state index contributed by atoms with van der Waals surface area (Å²) in [5.41, 5.74) is 0.741. The fraction of sp³-hybridized carbons (Fsp3) is 0.500. The maximum absolute atomic E-state index is 13.8. The summed E-state index contributed by atoms with van der Waals surface area (Å²) >= 11 is 6.24. The van der Waals surface area contributed by atoms with E-state index in [0.717, 1.165) is 38.7 Å². The Bertz CT molecular complexity index is 1050. The number of hydrazine groups is 1.